The van der Waals surface area contributed by atoms with Crippen LogP contribution in [-0.2, 0) is 28.6 Å². The number of aliphatic hydroxyl groups excluding tert-OH is 2. The van der Waals surface area contributed by atoms with Crippen molar-refractivity contribution in [3.05, 3.63) is 0 Å². The second-order valence-corrected chi connectivity index (χ2v) is 11.1. The van der Waals surface area contributed by atoms with Gasteiger partial charge in [0.1, 0.15) is 0 Å². The topological polar surface area (TPSA) is 138 Å². The molecule has 0 saturated carbocycles. The summed E-state index contributed by atoms with van der Waals surface area (Å²) in [5.41, 5.74) is 0. The van der Waals surface area contributed by atoms with Gasteiger partial charge in [0.05, 0.1) is 50.8 Å². The molecule has 254 valence electrons. The molecule has 13 heteroatoms. The van der Waals surface area contributed by atoms with Gasteiger partial charge >= 0.3 is 17.9 Å². The molecule has 0 radical (unpaired) electrons. The summed E-state index contributed by atoms with van der Waals surface area (Å²) in [5.74, 6) is 1.25. The zero-order valence-electron chi connectivity index (χ0n) is 26.6. The van der Waals surface area contributed by atoms with Gasteiger partial charge in [-0.3, -0.25) is 14.4 Å². The van der Waals surface area contributed by atoms with Crippen LogP contribution in [0.2, 0.25) is 0 Å². The molecule has 0 spiro atoms. The zero-order valence-corrected chi connectivity index (χ0v) is 28.1. The van der Waals surface area contributed by atoms with Crippen LogP contribution >= 0.6 is 23.2 Å². The van der Waals surface area contributed by atoms with E-state index in [0.29, 0.717) is 31.6 Å². The average molecular weight is 659 g/mol. The van der Waals surface area contributed by atoms with Crippen molar-refractivity contribution in [3.63, 3.8) is 0 Å². The minimum Gasteiger partial charge on any atom is -0.466 e. The number of rotatable bonds is 11. The number of hydrogen-bond acceptors (Lipinski definition) is 11. The molecule has 3 N–H and O–H groups in total. The van der Waals surface area contributed by atoms with Gasteiger partial charge < -0.3 is 39.5 Å². The lowest BCUT2D eigenvalue weighted by Gasteiger charge is -2.30. The largest absolute Gasteiger partial charge is 0.466 e. The Kier molecular flexibility index (Phi) is 27.5. The summed E-state index contributed by atoms with van der Waals surface area (Å²) < 4.78 is 14.9. The lowest BCUT2D eigenvalue weighted by Crippen LogP contribution is -2.38. The van der Waals surface area contributed by atoms with Gasteiger partial charge in [0.25, 0.3) is 0 Å². The number of alkyl halides is 2. The molecule has 43 heavy (non-hydrogen) atoms. The van der Waals surface area contributed by atoms with E-state index >= 15 is 0 Å². The molecule has 0 atom stereocenters. The standard InChI is InChI=1S/C10H18ClNO2.C10H19NO3.C8H15NO2.C2H5ClO/c1-2-14-10(13)9-3-6-12(7-4-9)8-5-11;1-2-14-10(13)9-3-5-11(6-4-9)7-8-12;1-2-11-8(10)7-3-5-9-6-4-7;3-1-2-4/h9H,2-8H2,1H3;9,12H,2-8H2,1H3;7,9H,2-6H2,1H3;4H,1-2H2. The third kappa shape index (κ3) is 20.4. The molecule has 0 amide bonds. The van der Waals surface area contributed by atoms with Crippen LogP contribution < -0.4 is 5.32 Å². The first-order valence-corrected chi connectivity index (χ1v) is 16.9. The highest BCUT2D eigenvalue weighted by molar-refractivity contribution is 6.18. The van der Waals surface area contributed by atoms with Gasteiger partial charge in [-0.25, -0.2) is 0 Å². The minimum atomic E-state index is -0.0591. The van der Waals surface area contributed by atoms with Gasteiger partial charge in [0, 0.05) is 24.8 Å². The maximum atomic E-state index is 11.4. The number of ether oxygens (including phenoxy) is 3. The summed E-state index contributed by atoms with van der Waals surface area (Å²) in [7, 11) is 0. The lowest BCUT2D eigenvalue weighted by atomic mass is 9.97. The summed E-state index contributed by atoms with van der Waals surface area (Å²) in [6.07, 6.45) is 5.40. The van der Waals surface area contributed by atoms with Crippen molar-refractivity contribution >= 4 is 41.1 Å². The average Bonchev–Trinajstić information content (AvgIpc) is 3.03. The fraction of sp³-hybridized carbons (Fsp3) is 0.900. The first-order chi connectivity index (χ1) is 20.8. The third-order valence-electron chi connectivity index (χ3n) is 7.28. The van der Waals surface area contributed by atoms with Crippen molar-refractivity contribution in [2.24, 2.45) is 17.8 Å². The van der Waals surface area contributed by atoms with Crippen molar-refractivity contribution < 1.29 is 38.8 Å². The predicted molar refractivity (Wildman–Crippen MR) is 169 cm³/mol. The number of piperidine rings is 3. The molecular formula is C30H57Cl2N3O8. The number of esters is 3. The van der Waals surface area contributed by atoms with Gasteiger partial charge in [0.2, 0.25) is 0 Å². The molecule has 0 aromatic heterocycles. The Morgan fingerprint density at radius 1 is 0.628 bits per heavy atom. The molecule has 0 aromatic carbocycles. The van der Waals surface area contributed by atoms with Crippen LogP contribution in [0.4, 0.5) is 0 Å². The number of likely N-dealkylation sites (tertiary alicyclic amines) is 2. The summed E-state index contributed by atoms with van der Waals surface area (Å²) in [4.78, 5) is 38.4. The Hall–Kier alpha value is -1.21. The Balaban J connectivity index is 0.000000582. The van der Waals surface area contributed by atoms with Gasteiger partial charge in [-0.2, -0.15) is 0 Å². The molecule has 3 fully saturated rings. The van der Waals surface area contributed by atoms with E-state index in [1.54, 1.807) is 0 Å². The fourth-order valence-electron chi connectivity index (χ4n) is 4.88. The van der Waals surface area contributed by atoms with Crippen molar-refractivity contribution in [2.45, 2.75) is 59.3 Å². The number of halogens is 2. The second kappa shape index (κ2) is 28.3. The van der Waals surface area contributed by atoms with Crippen LogP contribution in [0.3, 0.4) is 0 Å². The van der Waals surface area contributed by atoms with Gasteiger partial charge in [-0.1, -0.05) is 0 Å². The molecule has 3 aliphatic heterocycles. The number of β-amino-alcohol motifs (C(OH)–C–C–N with tert-alkyl or cyclic N) is 1. The Morgan fingerprint density at radius 2 is 0.977 bits per heavy atom. The molecule has 0 bridgehead atoms. The maximum absolute atomic E-state index is 11.4. The van der Waals surface area contributed by atoms with Crippen molar-refractivity contribution in [2.75, 3.05) is 97.2 Å². The van der Waals surface area contributed by atoms with Crippen LogP contribution in [0.15, 0.2) is 0 Å². The monoisotopic (exact) mass is 657 g/mol. The number of hydrogen-bond donors (Lipinski definition) is 3. The number of nitrogens with one attached hydrogen (secondary N) is 1. The van der Waals surface area contributed by atoms with E-state index in [1.807, 2.05) is 20.8 Å². The van der Waals surface area contributed by atoms with E-state index in [1.165, 1.54) is 0 Å². The highest BCUT2D eigenvalue weighted by atomic mass is 35.5. The predicted octanol–water partition coefficient (Wildman–Crippen LogP) is 2.52. The molecule has 0 aromatic rings. The van der Waals surface area contributed by atoms with Crippen LogP contribution in [-0.4, -0.2) is 135 Å². The van der Waals surface area contributed by atoms with E-state index < -0.39 is 0 Å². The molecule has 3 aliphatic rings. The Bertz CT molecular complexity index is 659. The number of nitrogens with zero attached hydrogens (tertiary/aromatic N) is 2. The zero-order chi connectivity index (χ0) is 32.3. The van der Waals surface area contributed by atoms with Crippen LogP contribution in [0.1, 0.15) is 59.3 Å². The molecule has 11 nitrogen and oxygen atoms in total. The van der Waals surface area contributed by atoms with Crippen molar-refractivity contribution in [1.82, 2.24) is 15.1 Å². The summed E-state index contributed by atoms with van der Waals surface area (Å²) >= 11 is 10.6. The highest BCUT2D eigenvalue weighted by Gasteiger charge is 2.26. The number of carbonyl (C=O) groups excluding carboxylic acids is 3. The van der Waals surface area contributed by atoms with E-state index in [9.17, 15) is 14.4 Å². The van der Waals surface area contributed by atoms with E-state index in [-0.39, 0.29) is 48.9 Å². The number of carbonyl (C=O) groups is 3. The summed E-state index contributed by atoms with van der Waals surface area (Å²) in [6.45, 7) is 14.5. The quantitative estimate of drug-likeness (QED) is 0.172. The van der Waals surface area contributed by atoms with Gasteiger partial charge in [-0.15, -0.1) is 23.2 Å². The second-order valence-electron chi connectivity index (χ2n) is 10.3. The SMILES string of the molecule is CCOC(=O)C1CCN(CCCl)CC1.CCOC(=O)C1CCN(CCO)CC1.CCOC(=O)C1CCNCC1.OCCCl. The highest BCUT2D eigenvalue weighted by Crippen LogP contribution is 2.19. The van der Waals surface area contributed by atoms with Crippen LogP contribution in [0.25, 0.3) is 0 Å². The molecular weight excluding hydrogens is 601 g/mol. The molecule has 0 unspecified atom stereocenters. The number of aliphatic hydroxyl groups is 2. The molecule has 0 aliphatic carbocycles. The minimum absolute atomic E-state index is 0.0194. The van der Waals surface area contributed by atoms with Crippen molar-refractivity contribution in [1.29, 1.82) is 0 Å². The molecule has 3 heterocycles. The van der Waals surface area contributed by atoms with Crippen LogP contribution in [0, 0.1) is 17.8 Å². The lowest BCUT2D eigenvalue weighted by molar-refractivity contribution is -0.150. The van der Waals surface area contributed by atoms with Gasteiger partial charge in [-0.05, 0) is 98.6 Å². The fourth-order valence-corrected chi connectivity index (χ4v) is 5.12. The normalized spacial score (nSPS) is 18.5. The van der Waals surface area contributed by atoms with E-state index in [2.05, 4.69) is 15.1 Å². The summed E-state index contributed by atoms with van der Waals surface area (Å²) in [6, 6.07) is 0. The first-order valence-electron chi connectivity index (χ1n) is 15.8. The third-order valence-corrected chi connectivity index (χ3v) is 7.61. The van der Waals surface area contributed by atoms with Gasteiger partial charge in [0.15, 0.2) is 0 Å². The molecule has 3 rings (SSSR count). The van der Waals surface area contributed by atoms with E-state index in [4.69, 9.17) is 47.6 Å². The van der Waals surface area contributed by atoms with Crippen LogP contribution in [0.5, 0.6) is 0 Å². The maximum Gasteiger partial charge on any atom is 0.309 e. The first kappa shape index (κ1) is 41.8. The van der Waals surface area contributed by atoms with E-state index in [0.717, 1.165) is 90.9 Å². The smallest absolute Gasteiger partial charge is 0.309 e. The Labute approximate surface area is 268 Å². The van der Waals surface area contributed by atoms with Crippen molar-refractivity contribution in [3.8, 4) is 0 Å². The molecule has 3 saturated heterocycles. The summed E-state index contributed by atoms with van der Waals surface area (Å²) in [5, 5.41) is 19.7. The Morgan fingerprint density at radius 3 is 1.28 bits per heavy atom.